The fraction of sp³-hybridized carbons (Fsp3) is 0.471. The van der Waals surface area contributed by atoms with E-state index in [2.05, 4.69) is 16.3 Å². The van der Waals surface area contributed by atoms with Gasteiger partial charge in [-0.3, -0.25) is 9.69 Å². The van der Waals surface area contributed by atoms with Gasteiger partial charge < -0.3 is 5.32 Å². The van der Waals surface area contributed by atoms with Crippen molar-refractivity contribution in [2.45, 2.75) is 31.7 Å². The molecule has 1 saturated heterocycles. The Morgan fingerprint density at radius 2 is 2.30 bits per heavy atom. The third kappa shape index (κ3) is 3.87. The van der Waals surface area contributed by atoms with Gasteiger partial charge in [-0.15, -0.1) is 11.3 Å². The number of amides is 1. The highest BCUT2D eigenvalue weighted by atomic mass is 32.1. The summed E-state index contributed by atoms with van der Waals surface area (Å²) in [5.41, 5.74) is 1.04. The Labute approximate surface area is 139 Å². The Kier molecular flexibility index (Phi) is 5.21. The predicted octanol–water partition coefficient (Wildman–Crippen LogP) is 2.85. The molecule has 2 heterocycles. The number of likely N-dealkylation sites (tertiary alicyclic amines) is 1. The van der Waals surface area contributed by atoms with Crippen LogP contribution in [0.3, 0.4) is 0 Å². The molecule has 23 heavy (non-hydrogen) atoms. The minimum absolute atomic E-state index is 0.00624. The van der Waals surface area contributed by atoms with Gasteiger partial charge in [0.2, 0.25) is 5.91 Å². The molecule has 1 atom stereocenters. The topological polar surface area (TPSA) is 69.0 Å². The van der Waals surface area contributed by atoms with Crippen LogP contribution in [0.2, 0.25) is 0 Å². The molecular weight excluding hydrogens is 308 g/mol. The van der Waals surface area contributed by atoms with Gasteiger partial charge in [-0.1, -0.05) is 18.6 Å². The first kappa shape index (κ1) is 15.9. The summed E-state index contributed by atoms with van der Waals surface area (Å²) >= 11 is 1.73. The Morgan fingerprint density at radius 3 is 3.13 bits per heavy atom. The molecule has 1 N–H and O–H groups in total. The van der Waals surface area contributed by atoms with Crippen LogP contribution in [0.15, 0.2) is 24.3 Å². The largest absolute Gasteiger partial charge is 0.354 e. The van der Waals surface area contributed by atoms with Gasteiger partial charge in [-0.25, -0.2) is 4.98 Å². The highest BCUT2D eigenvalue weighted by Gasteiger charge is 2.28. The normalized spacial score (nSPS) is 18.7. The quantitative estimate of drug-likeness (QED) is 0.857. The average Bonchev–Trinajstić information content (AvgIpc) is 2.99. The van der Waals surface area contributed by atoms with Gasteiger partial charge in [-0.05, 0) is 31.5 Å². The molecule has 3 rings (SSSR count). The zero-order chi connectivity index (χ0) is 16.1. The van der Waals surface area contributed by atoms with Crippen LogP contribution in [0.1, 0.15) is 36.7 Å². The number of piperidine rings is 1. The van der Waals surface area contributed by atoms with E-state index in [4.69, 9.17) is 10.2 Å². The molecule has 0 aliphatic carbocycles. The standard InChI is InChI=1S/C17H20N4OS/c18-9-5-10-19-16(22)12-21-11-4-3-7-14(21)17-20-13-6-1-2-8-15(13)23-17/h1-2,6,8,14H,3-5,7,10-12H2,(H,19,22)/t14-/m0/s1. The SMILES string of the molecule is N#CCCNC(=O)CN1CCCC[C@H]1c1nc2ccccc2s1. The second kappa shape index (κ2) is 7.53. The van der Waals surface area contributed by atoms with E-state index in [-0.39, 0.29) is 11.9 Å². The minimum Gasteiger partial charge on any atom is -0.354 e. The Hall–Kier alpha value is -1.97. The summed E-state index contributed by atoms with van der Waals surface area (Å²) in [4.78, 5) is 19.1. The lowest BCUT2D eigenvalue weighted by Crippen LogP contribution is -2.41. The molecule has 0 unspecified atom stereocenters. The molecule has 1 aromatic carbocycles. The molecular formula is C17H20N4OS. The summed E-state index contributed by atoms with van der Waals surface area (Å²) in [6, 6.07) is 10.4. The number of aromatic nitrogens is 1. The van der Waals surface area contributed by atoms with Gasteiger partial charge in [0.25, 0.3) is 0 Å². The van der Waals surface area contributed by atoms with Gasteiger partial charge in [-0.2, -0.15) is 5.26 Å². The first-order valence-electron chi connectivity index (χ1n) is 8.01. The number of hydrogen-bond acceptors (Lipinski definition) is 5. The molecule has 5 nitrogen and oxygen atoms in total. The first-order valence-corrected chi connectivity index (χ1v) is 8.83. The average molecular weight is 328 g/mol. The molecule has 1 aliphatic heterocycles. The predicted molar refractivity (Wildman–Crippen MR) is 91.0 cm³/mol. The lowest BCUT2D eigenvalue weighted by atomic mass is 10.0. The second-order valence-corrected chi connectivity index (χ2v) is 6.82. The number of carbonyl (C=O) groups excluding carboxylic acids is 1. The van der Waals surface area contributed by atoms with Crippen molar-refractivity contribution >= 4 is 27.5 Å². The summed E-state index contributed by atoms with van der Waals surface area (Å²) in [5.74, 6) is -0.00624. The lowest BCUT2D eigenvalue weighted by Gasteiger charge is -2.33. The van der Waals surface area contributed by atoms with Crippen molar-refractivity contribution in [1.29, 1.82) is 5.26 Å². The number of rotatable bonds is 5. The monoisotopic (exact) mass is 328 g/mol. The molecule has 1 aromatic heterocycles. The maximum absolute atomic E-state index is 12.1. The molecule has 0 spiro atoms. The van der Waals surface area contributed by atoms with E-state index in [0.29, 0.717) is 19.5 Å². The third-order valence-electron chi connectivity index (χ3n) is 4.11. The van der Waals surface area contributed by atoms with E-state index in [1.54, 1.807) is 11.3 Å². The molecule has 0 bridgehead atoms. The summed E-state index contributed by atoms with van der Waals surface area (Å²) in [6.07, 6.45) is 3.69. The zero-order valence-corrected chi connectivity index (χ0v) is 13.8. The minimum atomic E-state index is -0.00624. The number of thiazole rings is 1. The Morgan fingerprint density at radius 1 is 1.43 bits per heavy atom. The van der Waals surface area contributed by atoms with Crippen molar-refractivity contribution in [3.05, 3.63) is 29.3 Å². The lowest BCUT2D eigenvalue weighted by molar-refractivity contribution is -0.123. The van der Waals surface area contributed by atoms with Crippen LogP contribution in [0.25, 0.3) is 10.2 Å². The summed E-state index contributed by atoms with van der Waals surface area (Å²) in [5, 5.41) is 12.5. The molecule has 120 valence electrons. The van der Waals surface area contributed by atoms with E-state index in [9.17, 15) is 4.79 Å². The van der Waals surface area contributed by atoms with E-state index < -0.39 is 0 Å². The molecule has 1 amide bonds. The highest BCUT2D eigenvalue weighted by Crippen LogP contribution is 2.35. The van der Waals surface area contributed by atoms with Gasteiger partial charge in [0.15, 0.2) is 0 Å². The molecule has 6 heteroatoms. The van der Waals surface area contributed by atoms with Crippen molar-refractivity contribution in [2.75, 3.05) is 19.6 Å². The van der Waals surface area contributed by atoms with E-state index in [1.807, 2.05) is 24.3 Å². The van der Waals surface area contributed by atoms with Crippen LogP contribution in [0, 0.1) is 11.3 Å². The molecule has 0 radical (unpaired) electrons. The number of carbonyl (C=O) groups is 1. The fourth-order valence-corrected chi connectivity index (χ4v) is 4.13. The van der Waals surface area contributed by atoms with Crippen molar-refractivity contribution in [3.8, 4) is 6.07 Å². The second-order valence-electron chi connectivity index (χ2n) is 5.76. The smallest absolute Gasteiger partial charge is 0.234 e. The third-order valence-corrected chi connectivity index (χ3v) is 5.25. The van der Waals surface area contributed by atoms with E-state index in [0.717, 1.165) is 29.9 Å². The van der Waals surface area contributed by atoms with Gasteiger partial charge in [0.1, 0.15) is 5.01 Å². The number of benzene rings is 1. The van der Waals surface area contributed by atoms with E-state index >= 15 is 0 Å². The Balaban J connectivity index is 1.71. The van der Waals surface area contributed by atoms with Gasteiger partial charge in [0.05, 0.1) is 35.3 Å². The molecule has 2 aromatic rings. The van der Waals surface area contributed by atoms with Crippen molar-refractivity contribution in [1.82, 2.24) is 15.2 Å². The maximum atomic E-state index is 12.1. The van der Waals surface area contributed by atoms with Gasteiger partial charge >= 0.3 is 0 Å². The van der Waals surface area contributed by atoms with Crippen molar-refractivity contribution < 1.29 is 4.79 Å². The van der Waals surface area contributed by atoms with Crippen LogP contribution in [-0.2, 0) is 4.79 Å². The molecule has 1 fully saturated rings. The van der Waals surface area contributed by atoms with Crippen LogP contribution in [0.4, 0.5) is 0 Å². The fourth-order valence-electron chi connectivity index (χ4n) is 2.99. The Bertz CT molecular complexity index is 688. The number of nitrogens with zero attached hydrogens (tertiary/aromatic N) is 3. The number of hydrogen-bond donors (Lipinski definition) is 1. The number of fused-ring (bicyclic) bond motifs is 1. The first-order chi connectivity index (χ1) is 11.3. The number of nitriles is 1. The van der Waals surface area contributed by atoms with Crippen molar-refractivity contribution in [2.24, 2.45) is 0 Å². The highest BCUT2D eigenvalue weighted by molar-refractivity contribution is 7.18. The summed E-state index contributed by atoms with van der Waals surface area (Å²) < 4.78 is 1.20. The number of para-hydroxylation sites is 1. The summed E-state index contributed by atoms with van der Waals surface area (Å²) in [7, 11) is 0. The number of nitrogens with one attached hydrogen (secondary N) is 1. The zero-order valence-electron chi connectivity index (χ0n) is 13.0. The van der Waals surface area contributed by atoms with Crippen LogP contribution >= 0.6 is 11.3 Å². The van der Waals surface area contributed by atoms with E-state index in [1.165, 1.54) is 11.1 Å². The molecule has 1 aliphatic rings. The summed E-state index contributed by atoms with van der Waals surface area (Å²) in [6.45, 7) is 1.73. The molecule has 0 saturated carbocycles. The van der Waals surface area contributed by atoms with Crippen molar-refractivity contribution in [3.63, 3.8) is 0 Å². The van der Waals surface area contributed by atoms with Crippen LogP contribution in [0.5, 0.6) is 0 Å². The van der Waals surface area contributed by atoms with Gasteiger partial charge in [0, 0.05) is 6.54 Å². The van der Waals surface area contributed by atoms with Crippen LogP contribution < -0.4 is 5.32 Å². The van der Waals surface area contributed by atoms with Crippen LogP contribution in [-0.4, -0.2) is 35.4 Å². The maximum Gasteiger partial charge on any atom is 0.234 e.